The van der Waals surface area contributed by atoms with Gasteiger partial charge in [0.1, 0.15) is 0 Å². The fraction of sp³-hybridized carbons (Fsp3) is 0.370. The summed E-state index contributed by atoms with van der Waals surface area (Å²) in [5.41, 5.74) is 3.15. The molecule has 0 heterocycles. The first-order valence-corrected chi connectivity index (χ1v) is 10.6. The standard InChI is InChI=1S/C27H24O2/c28-27(29)25-8-4-3-7-21(25)6-2-1-5-18-9-11-22(12-10-18)26-23-14-19-13-20(16-23)17-24(26)15-19/h3-4,7-12,19-20,23-24,26H,13-17H2,(H,28,29). The Bertz CT molecular complexity index is 1030. The normalized spacial score (nSPS) is 28.8. The maximum atomic E-state index is 11.2. The number of hydrogen-bond acceptors (Lipinski definition) is 1. The van der Waals surface area contributed by atoms with E-state index in [2.05, 4.69) is 47.9 Å². The van der Waals surface area contributed by atoms with Gasteiger partial charge in [-0.25, -0.2) is 4.79 Å². The summed E-state index contributed by atoms with van der Waals surface area (Å²) in [7, 11) is 0. The molecule has 2 heteroatoms. The second-order valence-electron chi connectivity index (χ2n) is 8.93. The highest BCUT2D eigenvalue weighted by Gasteiger charge is 2.48. The summed E-state index contributed by atoms with van der Waals surface area (Å²) in [5.74, 6) is 15.2. The molecule has 0 aliphatic heterocycles. The Morgan fingerprint density at radius 2 is 1.41 bits per heavy atom. The molecule has 6 rings (SSSR count). The Morgan fingerprint density at radius 1 is 0.793 bits per heavy atom. The summed E-state index contributed by atoms with van der Waals surface area (Å²) in [6, 6.07) is 15.5. The Hall–Kier alpha value is -2.97. The van der Waals surface area contributed by atoms with Gasteiger partial charge in [0.05, 0.1) is 5.56 Å². The lowest BCUT2D eigenvalue weighted by Gasteiger charge is -2.54. The average molecular weight is 380 g/mol. The lowest BCUT2D eigenvalue weighted by atomic mass is 9.51. The van der Waals surface area contributed by atoms with E-state index in [0.29, 0.717) is 5.56 Å². The van der Waals surface area contributed by atoms with Crippen molar-refractivity contribution >= 4 is 5.97 Å². The highest BCUT2D eigenvalue weighted by atomic mass is 16.4. The van der Waals surface area contributed by atoms with Gasteiger partial charge < -0.3 is 5.11 Å². The highest BCUT2D eigenvalue weighted by Crippen LogP contribution is 2.59. The zero-order valence-corrected chi connectivity index (χ0v) is 16.4. The molecule has 4 bridgehead atoms. The van der Waals surface area contributed by atoms with Gasteiger partial charge >= 0.3 is 5.97 Å². The van der Waals surface area contributed by atoms with Crippen LogP contribution in [0.4, 0.5) is 0 Å². The van der Waals surface area contributed by atoms with Crippen LogP contribution in [0.15, 0.2) is 48.5 Å². The Morgan fingerprint density at radius 3 is 2.07 bits per heavy atom. The van der Waals surface area contributed by atoms with E-state index >= 15 is 0 Å². The average Bonchev–Trinajstić information content (AvgIpc) is 2.71. The monoisotopic (exact) mass is 380 g/mol. The second kappa shape index (κ2) is 7.46. The second-order valence-corrected chi connectivity index (χ2v) is 8.93. The first-order valence-electron chi connectivity index (χ1n) is 10.6. The number of hydrogen-bond donors (Lipinski definition) is 1. The van der Waals surface area contributed by atoms with Crippen molar-refractivity contribution in [1.29, 1.82) is 0 Å². The minimum atomic E-state index is -0.969. The van der Waals surface area contributed by atoms with Crippen LogP contribution in [-0.4, -0.2) is 11.1 Å². The van der Waals surface area contributed by atoms with Gasteiger partial charge in [0.2, 0.25) is 0 Å². The molecular weight excluding hydrogens is 356 g/mol. The number of carboxylic acids is 1. The number of rotatable bonds is 2. The molecule has 2 nitrogen and oxygen atoms in total. The first kappa shape index (κ1) is 18.1. The quantitative estimate of drug-likeness (QED) is 0.715. The molecule has 0 saturated heterocycles. The third-order valence-electron chi connectivity index (χ3n) is 7.15. The third kappa shape index (κ3) is 3.56. The maximum Gasteiger partial charge on any atom is 0.336 e. The molecule has 2 aromatic rings. The first-order chi connectivity index (χ1) is 14.2. The van der Waals surface area contributed by atoms with E-state index in [9.17, 15) is 9.90 Å². The zero-order chi connectivity index (χ0) is 19.8. The van der Waals surface area contributed by atoms with Crippen LogP contribution in [0.25, 0.3) is 0 Å². The summed E-state index contributed by atoms with van der Waals surface area (Å²) < 4.78 is 0. The SMILES string of the molecule is O=C(O)c1ccccc1C#CC#Cc1ccc(C2C3CC4CC(C3)CC2C4)cc1. The molecule has 4 saturated carbocycles. The van der Waals surface area contributed by atoms with Crippen LogP contribution in [0.2, 0.25) is 0 Å². The Kier molecular flexibility index (Phi) is 4.65. The highest BCUT2D eigenvalue weighted by molar-refractivity contribution is 5.90. The van der Waals surface area contributed by atoms with Crippen molar-refractivity contribution in [2.75, 3.05) is 0 Å². The molecule has 2 aromatic carbocycles. The summed E-state index contributed by atoms with van der Waals surface area (Å²) in [6.45, 7) is 0. The van der Waals surface area contributed by atoms with Crippen LogP contribution < -0.4 is 0 Å². The van der Waals surface area contributed by atoms with Gasteiger partial charge in [-0.1, -0.05) is 36.1 Å². The summed E-state index contributed by atoms with van der Waals surface area (Å²) in [6.07, 6.45) is 7.24. The predicted octanol–water partition coefficient (Wildman–Crippen LogP) is 5.33. The summed E-state index contributed by atoms with van der Waals surface area (Å²) in [4.78, 5) is 11.2. The van der Waals surface area contributed by atoms with E-state index in [0.717, 1.165) is 35.2 Å². The third-order valence-corrected chi connectivity index (χ3v) is 7.15. The molecule has 0 amide bonds. The topological polar surface area (TPSA) is 37.3 Å². The summed E-state index contributed by atoms with van der Waals surface area (Å²) in [5, 5.41) is 9.21. The minimum Gasteiger partial charge on any atom is -0.478 e. The van der Waals surface area contributed by atoms with Gasteiger partial charge in [0.15, 0.2) is 0 Å². The maximum absolute atomic E-state index is 11.2. The minimum absolute atomic E-state index is 0.210. The summed E-state index contributed by atoms with van der Waals surface area (Å²) >= 11 is 0. The van der Waals surface area contributed by atoms with Crippen LogP contribution in [0.5, 0.6) is 0 Å². The van der Waals surface area contributed by atoms with Gasteiger partial charge in [0, 0.05) is 11.1 Å². The molecule has 144 valence electrons. The van der Waals surface area contributed by atoms with Crippen LogP contribution in [0.3, 0.4) is 0 Å². The molecule has 1 N–H and O–H groups in total. The molecule has 0 radical (unpaired) electrons. The largest absolute Gasteiger partial charge is 0.478 e. The molecule has 29 heavy (non-hydrogen) atoms. The fourth-order valence-corrected chi connectivity index (χ4v) is 6.24. The Balaban J connectivity index is 1.30. The van der Waals surface area contributed by atoms with Crippen LogP contribution in [0, 0.1) is 47.4 Å². The Labute approximate surface area is 172 Å². The lowest BCUT2D eigenvalue weighted by molar-refractivity contribution is -0.00278. The number of carbonyl (C=O) groups is 1. The van der Waals surface area contributed by atoms with Gasteiger partial charge in [-0.05, 0) is 103 Å². The van der Waals surface area contributed by atoms with Gasteiger partial charge in [-0.3, -0.25) is 0 Å². The predicted molar refractivity (Wildman–Crippen MR) is 113 cm³/mol. The zero-order valence-electron chi connectivity index (χ0n) is 16.4. The molecular formula is C27H24O2. The lowest BCUT2D eigenvalue weighted by Crippen LogP contribution is -2.43. The smallest absolute Gasteiger partial charge is 0.336 e. The number of aromatic carboxylic acids is 1. The molecule has 0 aromatic heterocycles. The van der Waals surface area contributed by atoms with Crippen molar-refractivity contribution in [2.45, 2.75) is 38.0 Å². The van der Waals surface area contributed by atoms with Crippen molar-refractivity contribution < 1.29 is 9.90 Å². The fourth-order valence-electron chi connectivity index (χ4n) is 6.24. The molecule has 4 fully saturated rings. The van der Waals surface area contributed by atoms with Crippen molar-refractivity contribution in [2.24, 2.45) is 23.7 Å². The van der Waals surface area contributed by atoms with Gasteiger partial charge in [-0.15, -0.1) is 0 Å². The van der Waals surface area contributed by atoms with E-state index in [1.807, 2.05) is 0 Å². The van der Waals surface area contributed by atoms with E-state index in [4.69, 9.17) is 0 Å². The molecule has 0 unspecified atom stereocenters. The molecule has 0 atom stereocenters. The van der Waals surface area contributed by atoms with Crippen molar-refractivity contribution in [3.63, 3.8) is 0 Å². The molecule has 0 spiro atoms. The van der Waals surface area contributed by atoms with Gasteiger partial charge in [0.25, 0.3) is 0 Å². The van der Waals surface area contributed by atoms with Crippen LogP contribution in [0.1, 0.15) is 65.1 Å². The van der Waals surface area contributed by atoms with E-state index in [1.165, 1.54) is 37.7 Å². The van der Waals surface area contributed by atoms with Crippen molar-refractivity contribution in [3.05, 3.63) is 70.8 Å². The van der Waals surface area contributed by atoms with Crippen LogP contribution >= 0.6 is 0 Å². The van der Waals surface area contributed by atoms with Crippen molar-refractivity contribution in [3.8, 4) is 23.7 Å². The number of carboxylic acid groups (broad SMARTS) is 1. The van der Waals surface area contributed by atoms with E-state index in [1.54, 1.807) is 24.3 Å². The van der Waals surface area contributed by atoms with E-state index < -0.39 is 5.97 Å². The van der Waals surface area contributed by atoms with Gasteiger partial charge in [-0.2, -0.15) is 0 Å². The van der Waals surface area contributed by atoms with E-state index in [-0.39, 0.29) is 5.56 Å². The molecule has 4 aliphatic carbocycles. The van der Waals surface area contributed by atoms with Crippen LogP contribution in [-0.2, 0) is 0 Å². The number of benzene rings is 2. The van der Waals surface area contributed by atoms with Crippen molar-refractivity contribution in [1.82, 2.24) is 0 Å². The molecule has 4 aliphatic rings.